The molecular weight excluding hydrogens is 430 g/mol. The molecule has 0 atom stereocenters. The number of rotatable bonds is 8. The van der Waals surface area contributed by atoms with Crippen LogP contribution < -0.4 is 15.6 Å². The largest absolute Gasteiger partial charge is 0.491 e. The normalized spacial score (nSPS) is 13.0. The monoisotopic (exact) mass is 457 g/mol. The number of anilines is 1. The zero-order chi connectivity index (χ0) is 22.0. The van der Waals surface area contributed by atoms with E-state index in [4.69, 9.17) is 4.74 Å². The third kappa shape index (κ3) is 5.13. The van der Waals surface area contributed by atoms with E-state index in [0.717, 1.165) is 46.5 Å². The smallest absolute Gasteiger partial charge is 0.259 e. The summed E-state index contributed by atoms with van der Waals surface area (Å²) < 4.78 is 5.68. The van der Waals surface area contributed by atoms with Crippen LogP contribution in [0.25, 0.3) is 10.2 Å². The molecule has 0 spiro atoms. The minimum Gasteiger partial charge on any atom is -0.491 e. The SMILES string of the molecule is Cc1cc(OC(C)C)ccc1NC(=O)CCSCc1nc2sc3c(c2c(=O)[nH]1)CCC3. The lowest BCUT2D eigenvalue weighted by Gasteiger charge is -2.13. The van der Waals surface area contributed by atoms with Crippen LogP contribution in [0.4, 0.5) is 5.69 Å². The fourth-order valence-corrected chi connectivity index (χ4v) is 5.87. The summed E-state index contributed by atoms with van der Waals surface area (Å²) in [6, 6.07) is 5.68. The number of H-pyrrole nitrogens is 1. The van der Waals surface area contributed by atoms with Crippen molar-refractivity contribution in [1.29, 1.82) is 0 Å². The van der Waals surface area contributed by atoms with E-state index in [0.29, 0.717) is 23.8 Å². The van der Waals surface area contributed by atoms with Crippen LogP contribution >= 0.6 is 23.1 Å². The van der Waals surface area contributed by atoms with E-state index < -0.39 is 0 Å². The van der Waals surface area contributed by atoms with Gasteiger partial charge in [-0.05, 0) is 69.4 Å². The maximum Gasteiger partial charge on any atom is 0.259 e. The Morgan fingerprint density at radius 2 is 2.19 bits per heavy atom. The molecule has 4 rings (SSSR count). The number of fused-ring (bicyclic) bond motifs is 3. The number of carbonyl (C=O) groups excluding carboxylic acids is 1. The van der Waals surface area contributed by atoms with Crippen LogP contribution in [0.3, 0.4) is 0 Å². The van der Waals surface area contributed by atoms with Crippen molar-refractivity contribution in [2.24, 2.45) is 0 Å². The van der Waals surface area contributed by atoms with Gasteiger partial charge in [0.15, 0.2) is 0 Å². The number of amides is 1. The van der Waals surface area contributed by atoms with Crippen LogP contribution in [-0.4, -0.2) is 27.7 Å². The van der Waals surface area contributed by atoms with Gasteiger partial charge in [0.1, 0.15) is 16.4 Å². The Hall–Kier alpha value is -2.32. The third-order valence-corrected chi connectivity index (χ3v) is 7.34. The van der Waals surface area contributed by atoms with Gasteiger partial charge >= 0.3 is 0 Å². The molecule has 1 aromatic carbocycles. The molecule has 2 heterocycles. The van der Waals surface area contributed by atoms with Gasteiger partial charge in [0.25, 0.3) is 5.56 Å². The number of thiophene rings is 1. The number of aromatic amines is 1. The molecule has 1 amide bonds. The van der Waals surface area contributed by atoms with Crippen molar-refractivity contribution in [3.8, 4) is 5.75 Å². The van der Waals surface area contributed by atoms with Gasteiger partial charge in [-0.15, -0.1) is 11.3 Å². The third-order valence-electron chi connectivity index (χ3n) is 5.18. The number of nitrogens with zero attached hydrogens (tertiary/aromatic N) is 1. The molecule has 0 radical (unpaired) electrons. The summed E-state index contributed by atoms with van der Waals surface area (Å²) >= 11 is 3.25. The highest BCUT2D eigenvalue weighted by Crippen LogP contribution is 2.34. The summed E-state index contributed by atoms with van der Waals surface area (Å²) in [4.78, 5) is 34.6. The lowest BCUT2D eigenvalue weighted by Crippen LogP contribution is -2.14. The van der Waals surface area contributed by atoms with Crippen LogP contribution in [0.1, 0.15) is 48.5 Å². The first-order valence-corrected chi connectivity index (χ1v) is 12.6. The molecule has 2 N–H and O–H groups in total. The number of aryl methyl sites for hydroxylation is 3. The minimum atomic E-state index is -0.0295. The second kappa shape index (κ2) is 9.44. The van der Waals surface area contributed by atoms with Crippen molar-refractivity contribution in [2.75, 3.05) is 11.1 Å². The van der Waals surface area contributed by atoms with Crippen molar-refractivity contribution in [3.63, 3.8) is 0 Å². The molecule has 1 aliphatic carbocycles. The zero-order valence-corrected chi connectivity index (χ0v) is 19.7. The average molecular weight is 458 g/mol. The molecule has 0 fully saturated rings. The Morgan fingerprint density at radius 1 is 1.35 bits per heavy atom. The first-order valence-electron chi connectivity index (χ1n) is 10.6. The topological polar surface area (TPSA) is 84.1 Å². The average Bonchev–Trinajstić information content (AvgIpc) is 3.28. The van der Waals surface area contributed by atoms with Crippen LogP contribution in [0.2, 0.25) is 0 Å². The lowest BCUT2D eigenvalue weighted by atomic mass is 10.2. The molecule has 0 saturated heterocycles. The Kier molecular flexibility index (Phi) is 6.67. The van der Waals surface area contributed by atoms with Crippen molar-refractivity contribution in [1.82, 2.24) is 9.97 Å². The van der Waals surface area contributed by atoms with Gasteiger partial charge in [-0.3, -0.25) is 9.59 Å². The van der Waals surface area contributed by atoms with Gasteiger partial charge in [0.05, 0.1) is 17.2 Å². The molecule has 6 nitrogen and oxygen atoms in total. The van der Waals surface area contributed by atoms with E-state index >= 15 is 0 Å². The highest BCUT2D eigenvalue weighted by molar-refractivity contribution is 7.98. The fraction of sp³-hybridized carbons (Fsp3) is 0.435. The number of nitrogens with one attached hydrogen (secondary N) is 2. The first-order chi connectivity index (χ1) is 14.9. The van der Waals surface area contributed by atoms with Crippen LogP contribution in [0.15, 0.2) is 23.0 Å². The second-order valence-electron chi connectivity index (χ2n) is 8.04. The van der Waals surface area contributed by atoms with Gasteiger partial charge in [-0.1, -0.05) is 0 Å². The molecule has 164 valence electrons. The number of aromatic nitrogens is 2. The summed E-state index contributed by atoms with van der Waals surface area (Å²) in [6.07, 6.45) is 3.68. The number of hydrogen-bond acceptors (Lipinski definition) is 6. The van der Waals surface area contributed by atoms with E-state index in [1.165, 1.54) is 10.4 Å². The predicted molar refractivity (Wildman–Crippen MR) is 129 cm³/mol. The van der Waals surface area contributed by atoms with Crippen molar-refractivity contribution < 1.29 is 9.53 Å². The van der Waals surface area contributed by atoms with Gasteiger partial charge < -0.3 is 15.0 Å². The van der Waals surface area contributed by atoms with Crippen LogP contribution in [0, 0.1) is 6.92 Å². The van der Waals surface area contributed by atoms with E-state index in [-0.39, 0.29) is 17.6 Å². The van der Waals surface area contributed by atoms with E-state index in [9.17, 15) is 9.59 Å². The predicted octanol–water partition coefficient (Wildman–Crippen LogP) is 4.83. The maximum atomic E-state index is 12.5. The van der Waals surface area contributed by atoms with Gasteiger partial charge in [-0.2, -0.15) is 11.8 Å². The molecule has 3 aromatic rings. The molecular formula is C23H27N3O3S2. The number of carbonyl (C=O) groups is 1. The molecule has 0 bridgehead atoms. The molecule has 0 unspecified atom stereocenters. The Bertz CT molecular complexity index is 1170. The molecule has 1 aliphatic rings. The summed E-state index contributed by atoms with van der Waals surface area (Å²) in [7, 11) is 0. The summed E-state index contributed by atoms with van der Waals surface area (Å²) in [6.45, 7) is 5.92. The number of hydrogen-bond donors (Lipinski definition) is 2. The number of benzene rings is 1. The van der Waals surface area contributed by atoms with Gasteiger partial charge in [0, 0.05) is 22.7 Å². The summed E-state index contributed by atoms with van der Waals surface area (Å²) in [5.74, 6) is 2.69. The molecule has 0 saturated carbocycles. The highest BCUT2D eigenvalue weighted by Gasteiger charge is 2.21. The first kappa shape index (κ1) is 21.9. The Balaban J connectivity index is 1.28. The summed E-state index contributed by atoms with van der Waals surface area (Å²) in [5.41, 5.74) is 2.94. The quantitative estimate of drug-likeness (QED) is 0.473. The minimum absolute atomic E-state index is 0.0280. The molecule has 31 heavy (non-hydrogen) atoms. The van der Waals surface area contributed by atoms with Gasteiger partial charge in [0.2, 0.25) is 5.91 Å². The van der Waals surface area contributed by atoms with Crippen LogP contribution in [0.5, 0.6) is 5.75 Å². The van der Waals surface area contributed by atoms with E-state index in [1.807, 2.05) is 39.0 Å². The lowest BCUT2D eigenvalue weighted by molar-refractivity contribution is -0.115. The van der Waals surface area contributed by atoms with Crippen LogP contribution in [-0.2, 0) is 23.4 Å². The van der Waals surface area contributed by atoms with Crippen molar-refractivity contribution >= 4 is 44.9 Å². The van der Waals surface area contributed by atoms with E-state index in [1.54, 1.807) is 23.1 Å². The summed E-state index contributed by atoms with van der Waals surface area (Å²) in [5, 5.41) is 3.75. The fourth-order valence-electron chi connectivity index (χ4n) is 3.78. The second-order valence-corrected chi connectivity index (χ2v) is 10.2. The Morgan fingerprint density at radius 3 is 2.97 bits per heavy atom. The van der Waals surface area contributed by atoms with Crippen molar-refractivity contribution in [2.45, 2.75) is 58.3 Å². The maximum absolute atomic E-state index is 12.5. The number of ether oxygens (including phenoxy) is 1. The Labute approximate surface area is 189 Å². The zero-order valence-electron chi connectivity index (χ0n) is 18.0. The standard InChI is InChI=1S/C23H27N3O3S2/c1-13(2)29-15-7-8-17(14(3)11-15)24-20(27)9-10-30-12-19-25-22(28)21-16-5-4-6-18(16)31-23(21)26-19/h7-8,11,13H,4-6,9-10,12H2,1-3H3,(H,24,27)(H,25,26,28). The van der Waals surface area contributed by atoms with Crippen molar-refractivity contribution in [3.05, 3.63) is 50.4 Å². The molecule has 8 heteroatoms. The highest BCUT2D eigenvalue weighted by atomic mass is 32.2. The molecule has 0 aliphatic heterocycles. The molecule has 2 aromatic heterocycles. The number of thioether (sulfide) groups is 1. The van der Waals surface area contributed by atoms with Gasteiger partial charge in [-0.25, -0.2) is 4.98 Å². The van der Waals surface area contributed by atoms with E-state index in [2.05, 4.69) is 15.3 Å².